The second-order valence-electron chi connectivity index (χ2n) is 5.39. The lowest BCUT2D eigenvalue weighted by Gasteiger charge is -2.13. The highest BCUT2D eigenvalue weighted by Gasteiger charge is 2.14. The summed E-state index contributed by atoms with van der Waals surface area (Å²) in [5.74, 6) is 2.82. The van der Waals surface area contributed by atoms with Crippen molar-refractivity contribution < 1.29 is 14.3 Å². The first-order valence-corrected chi connectivity index (χ1v) is 9.78. The van der Waals surface area contributed by atoms with Crippen LogP contribution < -0.4 is 14.8 Å². The normalized spacial score (nSPS) is 10.5. The number of carbonyl (C=O) groups excluding carboxylic acids is 1. The van der Waals surface area contributed by atoms with Gasteiger partial charge in [0.05, 0.1) is 11.1 Å². The van der Waals surface area contributed by atoms with Crippen molar-refractivity contribution in [2.75, 3.05) is 18.5 Å². The Morgan fingerprint density at radius 2 is 1.96 bits per heavy atom. The van der Waals surface area contributed by atoms with Crippen molar-refractivity contribution in [2.45, 2.75) is 6.92 Å². The van der Waals surface area contributed by atoms with Crippen molar-refractivity contribution in [3.8, 4) is 29.9 Å². The number of benzene rings is 2. The third kappa shape index (κ3) is 5.88. The molecule has 2 aromatic rings. The lowest BCUT2D eigenvalue weighted by Crippen LogP contribution is -2.13. The Balaban J connectivity index is 2.32. The Labute approximate surface area is 180 Å². The number of amides is 1. The van der Waals surface area contributed by atoms with Crippen LogP contribution in [0, 0.1) is 23.7 Å². The Morgan fingerprint density at radius 3 is 2.57 bits per heavy atom. The summed E-state index contributed by atoms with van der Waals surface area (Å²) in [5, 5.41) is 12.1. The van der Waals surface area contributed by atoms with E-state index in [1.54, 1.807) is 36.4 Å². The fourth-order valence-electron chi connectivity index (χ4n) is 2.24. The summed E-state index contributed by atoms with van der Waals surface area (Å²) in [6.07, 6.45) is 6.72. The minimum absolute atomic E-state index is 0.0467. The molecule has 0 saturated carbocycles. The van der Waals surface area contributed by atoms with Crippen LogP contribution in [0.2, 0.25) is 0 Å². The first kappa shape index (κ1) is 21.6. The standard InChI is InChI=1S/C21H16Br2N2O3/c1-3-9-28-20-18(23)11-14(12-19(20)27-4-2)10-15(13-24)21(26)25-17-7-5-16(22)6-8-17/h1,5-8,10-12H,4,9H2,2H3,(H,25,26)/b15-10+. The second kappa shape index (κ2) is 10.6. The number of nitrogens with zero attached hydrogens (tertiary/aromatic N) is 1. The van der Waals surface area contributed by atoms with Crippen LogP contribution in [0.1, 0.15) is 12.5 Å². The van der Waals surface area contributed by atoms with Crippen LogP contribution in [-0.4, -0.2) is 19.1 Å². The zero-order valence-electron chi connectivity index (χ0n) is 15.0. The van der Waals surface area contributed by atoms with Gasteiger partial charge in [-0.2, -0.15) is 5.26 Å². The van der Waals surface area contributed by atoms with Gasteiger partial charge in [-0.05, 0) is 70.9 Å². The molecule has 0 aliphatic rings. The molecule has 0 saturated heterocycles. The molecule has 0 atom stereocenters. The molecular formula is C21H16Br2N2O3. The number of nitriles is 1. The van der Waals surface area contributed by atoms with Gasteiger partial charge in [0.15, 0.2) is 11.5 Å². The van der Waals surface area contributed by atoms with E-state index >= 15 is 0 Å². The summed E-state index contributed by atoms with van der Waals surface area (Å²) in [7, 11) is 0. The van der Waals surface area contributed by atoms with Gasteiger partial charge in [-0.15, -0.1) is 6.42 Å². The Morgan fingerprint density at radius 1 is 1.25 bits per heavy atom. The fraction of sp³-hybridized carbons (Fsp3) is 0.143. The first-order chi connectivity index (χ1) is 13.5. The smallest absolute Gasteiger partial charge is 0.266 e. The lowest BCUT2D eigenvalue weighted by atomic mass is 10.1. The molecule has 0 spiro atoms. The van der Waals surface area contributed by atoms with E-state index in [2.05, 4.69) is 43.1 Å². The quantitative estimate of drug-likeness (QED) is 0.321. The number of anilines is 1. The summed E-state index contributed by atoms with van der Waals surface area (Å²) in [6, 6.07) is 12.4. The van der Waals surface area contributed by atoms with Crippen LogP contribution in [0.5, 0.6) is 11.5 Å². The molecule has 5 nitrogen and oxygen atoms in total. The SMILES string of the molecule is C#CCOc1c(Br)cc(/C=C(\C#N)C(=O)Nc2ccc(Br)cc2)cc1OCC. The molecule has 2 rings (SSSR count). The van der Waals surface area contributed by atoms with Gasteiger partial charge in [-0.25, -0.2) is 0 Å². The van der Waals surface area contributed by atoms with E-state index in [-0.39, 0.29) is 12.2 Å². The third-order valence-corrected chi connectivity index (χ3v) is 4.53. The van der Waals surface area contributed by atoms with E-state index in [0.29, 0.717) is 33.8 Å². The predicted molar refractivity (Wildman–Crippen MR) is 116 cm³/mol. The molecule has 0 bridgehead atoms. The predicted octanol–water partition coefficient (Wildman–Crippen LogP) is 5.17. The average Bonchev–Trinajstić information content (AvgIpc) is 2.67. The van der Waals surface area contributed by atoms with Crippen molar-refractivity contribution in [1.29, 1.82) is 5.26 Å². The molecule has 28 heavy (non-hydrogen) atoms. The lowest BCUT2D eigenvalue weighted by molar-refractivity contribution is -0.112. The van der Waals surface area contributed by atoms with E-state index in [0.717, 1.165) is 4.47 Å². The largest absolute Gasteiger partial charge is 0.490 e. The molecule has 0 fully saturated rings. The maximum Gasteiger partial charge on any atom is 0.266 e. The van der Waals surface area contributed by atoms with Gasteiger partial charge in [0, 0.05) is 10.2 Å². The van der Waals surface area contributed by atoms with Crippen LogP contribution >= 0.6 is 31.9 Å². The number of nitrogens with one attached hydrogen (secondary N) is 1. The number of ether oxygens (including phenoxy) is 2. The summed E-state index contributed by atoms with van der Waals surface area (Å²) >= 11 is 6.75. The van der Waals surface area contributed by atoms with Gasteiger partial charge >= 0.3 is 0 Å². The first-order valence-electron chi connectivity index (χ1n) is 8.19. The van der Waals surface area contributed by atoms with Crippen molar-refractivity contribution >= 4 is 49.5 Å². The highest BCUT2D eigenvalue weighted by molar-refractivity contribution is 9.10. The number of hydrogen-bond acceptors (Lipinski definition) is 4. The topological polar surface area (TPSA) is 71.3 Å². The van der Waals surface area contributed by atoms with Gasteiger partial charge in [0.1, 0.15) is 18.2 Å². The van der Waals surface area contributed by atoms with Crippen molar-refractivity contribution in [3.63, 3.8) is 0 Å². The summed E-state index contributed by atoms with van der Waals surface area (Å²) < 4.78 is 12.6. The summed E-state index contributed by atoms with van der Waals surface area (Å²) in [6.45, 7) is 2.35. The Bertz CT molecular complexity index is 971. The Hall–Kier alpha value is -2.74. The summed E-state index contributed by atoms with van der Waals surface area (Å²) in [4.78, 5) is 12.4. The van der Waals surface area contributed by atoms with E-state index in [9.17, 15) is 10.1 Å². The molecule has 0 heterocycles. The van der Waals surface area contributed by atoms with Gasteiger partial charge < -0.3 is 14.8 Å². The van der Waals surface area contributed by atoms with Crippen LogP contribution in [-0.2, 0) is 4.79 Å². The van der Waals surface area contributed by atoms with Crippen LogP contribution in [0.25, 0.3) is 6.08 Å². The fourth-order valence-corrected chi connectivity index (χ4v) is 3.07. The third-order valence-electron chi connectivity index (χ3n) is 3.41. The van der Waals surface area contributed by atoms with Gasteiger partial charge in [-0.3, -0.25) is 4.79 Å². The average molecular weight is 504 g/mol. The molecular weight excluding hydrogens is 488 g/mol. The zero-order valence-corrected chi connectivity index (χ0v) is 18.1. The molecule has 0 aliphatic heterocycles. The summed E-state index contributed by atoms with van der Waals surface area (Å²) in [5.41, 5.74) is 1.14. The number of carbonyl (C=O) groups is 1. The maximum absolute atomic E-state index is 12.4. The molecule has 0 aliphatic carbocycles. The number of terminal acetylenes is 1. The van der Waals surface area contributed by atoms with Crippen LogP contribution in [0.3, 0.4) is 0 Å². The van der Waals surface area contributed by atoms with Gasteiger partial charge in [0.25, 0.3) is 5.91 Å². The second-order valence-corrected chi connectivity index (χ2v) is 7.16. The number of hydrogen-bond donors (Lipinski definition) is 1. The zero-order chi connectivity index (χ0) is 20.5. The van der Waals surface area contributed by atoms with Crippen molar-refractivity contribution in [3.05, 3.63) is 56.5 Å². The number of rotatable bonds is 7. The van der Waals surface area contributed by atoms with E-state index in [1.165, 1.54) is 6.08 Å². The van der Waals surface area contributed by atoms with Gasteiger partial charge in [0.2, 0.25) is 0 Å². The number of halogens is 2. The molecule has 0 aromatic heterocycles. The molecule has 1 N–H and O–H groups in total. The molecule has 2 aromatic carbocycles. The van der Waals surface area contributed by atoms with Crippen molar-refractivity contribution in [1.82, 2.24) is 0 Å². The van der Waals surface area contributed by atoms with E-state index in [1.807, 2.05) is 13.0 Å². The molecule has 0 unspecified atom stereocenters. The monoisotopic (exact) mass is 502 g/mol. The highest BCUT2D eigenvalue weighted by atomic mass is 79.9. The van der Waals surface area contributed by atoms with E-state index in [4.69, 9.17) is 15.9 Å². The van der Waals surface area contributed by atoms with Crippen molar-refractivity contribution in [2.24, 2.45) is 0 Å². The van der Waals surface area contributed by atoms with E-state index < -0.39 is 5.91 Å². The maximum atomic E-state index is 12.4. The Kier molecular flexibility index (Phi) is 8.13. The van der Waals surface area contributed by atoms with Gasteiger partial charge in [-0.1, -0.05) is 21.9 Å². The molecule has 1 amide bonds. The van der Waals surface area contributed by atoms with Crippen LogP contribution in [0.15, 0.2) is 50.9 Å². The molecule has 0 radical (unpaired) electrons. The molecule has 142 valence electrons. The minimum Gasteiger partial charge on any atom is -0.490 e. The minimum atomic E-state index is -0.508. The highest BCUT2D eigenvalue weighted by Crippen LogP contribution is 2.37. The van der Waals surface area contributed by atoms with Crippen LogP contribution in [0.4, 0.5) is 5.69 Å². The molecule has 7 heteroatoms.